The first-order chi connectivity index (χ1) is 7.68. The number of aliphatic carboxylic acids is 1. The van der Waals surface area contributed by atoms with Crippen LogP contribution in [0.5, 0.6) is 0 Å². The monoisotopic (exact) mass is 218 g/mol. The second-order valence-electron chi connectivity index (χ2n) is 3.49. The minimum atomic E-state index is -1.16. The lowest BCUT2D eigenvalue weighted by Gasteiger charge is -2.06. The molecule has 2 N–H and O–H groups in total. The third-order valence-corrected chi connectivity index (χ3v) is 2.14. The standard InChI is InChI=1S/C13H14O3/c14-12(7-4-8-13(15)16)10-9-11-5-2-1-3-6-11/h1-3,5-6,12,14H,7,9-10H2,(H,15,16). The first-order valence-corrected chi connectivity index (χ1v) is 5.12. The third-order valence-electron chi connectivity index (χ3n) is 2.14. The zero-order valence-electron chi connectivity index (χ0n) is 8.89. The molecule has 84 valence electrons. The zero-order valence-corrected chi connectivity index (χ0v) is 8.89. The van der Waals surface area contributed by atoms with Crippen molar-refractivity contribution in [3.63, 3.8) is 0 Å². The summed E-state index contributed by atoms with van der Waals surface area (Å²) >= 11 is 0. The van der Waals surface area contributed by atoms with Gasteiger partial charge in [-0.05, 0) is 18.4 Å². The summed E-state index contributed by atoms with van der Waals surface area (Å²) in [4.78, 5) is 10.1. The third kappa shape index (κ3) is 5.18. The van der Waals surface area contributed by atoms with Crippen LogP contribution in [0.2, 0.25) is 0 Å². The Hall–Kier alpha value is -1.79. The molecule has 1 aromatic rings. The number of carbonyl (C=O) groups is 1. The van der Waals surface area contributed by atoms with Crippen LogP contribution >= 0.6 is 0 Å². The summed E-state index contributed by atoms with van der Waals surface area (Å²) in [7, 11) is 0. The van der Waals surface area contributed by atoms with Gasteiger partial charge in [0.1, 0.15) is 0 Å². The van der Waals surface area contributed by atoms with Crippen molar-refractivity contribution in [3.05, 3.63) is 35.9 Å². The van der Waals surface area contributed by atoms with Gasteiger partial charge in [-0.2, -0.15) is 0 Å². The molecule has 0 bridgehead atoms. The summed E-state index contributed by atoms with van der Waals surface area (Å²) < 4.78 is 0. The number of carboxylic acid groups (broad SMARTS) is 1. The summed E-state index contributed by atoms with van der Waals surface area (Å²) in [5.41, 5.74) is 1.16. The second kappa shape index (κ2) is 6.65. The number of rotatable bonds is 4. The van der Waals surface area contributed by atoms with Crippen LogP contribution in [0.15, 0.2) is 30.3 Å². The van der Waals surface area contributed by atoms with Crippen LogP contribution in [-0.4, -0.2) is 22.3 Å². The van der Waals surface area contributed by atoms with Gasteiger partial charge in [0.15, 0.2) is 0 Å². The van der Waals surface area contributed by atoms with E-state index in [1.807, 2.05) is 36.3 Å². The molecule has 0 radical (unpaired) electrons. The van der Waals surface area contributed by atoms with Crippen LogP contribution in [0.3, 0.4) is 0 Å². The Morgan fingerprint density at radius 3 is 2.62 bits per heavy atom. The Morgan fingerprint density at radius 2 is 2.00 bits per heavy atom. The van der Waals surface area contributed by atoms with Gasteiger partial charge < -0.3 is 10.2 Å². The maximum atomic E-state index is 10.1. The van der Waals surface area contributed by atoms with Crippen molar-refractivity contribution in [3.8, 4) is 11.8 Å². The van der Waals surface area contributed by atoms with E-state index in [2.05, 4.69) is 5.92 Å². The van der Waals surface area contributed by atoms with Gasteiger partial charge in [-0.25, -0.2) is 4.79 Å². The van der Waals surface area contributed by atoms with E-state index in [0.717, 1.165) is 12.0 Å². The molecule has 0 aliphatic heterocycles. The van der Waals surface area contributed by atoms with Crippen molar-refractivity contribution < 1.29 is 15.0 Å². The molecule has 0 fully saturated rings. The van der Waals surface area contributed by atoms with E-state index >= 15 is 0 Å². The van der Waals surface area contributed by atoms with Crippen LogP contribution < -0.4 is 0 Å². The minimum absolute atomic E-state index is 0.207. The van der Waals surface area contributed by atoms with Crippen molar-refractivity contribution in [2.24, 2.45) is 0 Å². The Bertz CT molecular complexity index is 387. The van der Waals surface area contributed by atoms with Gasteiger partial charge in [-0.3, -0.25) is 0 Å². The lowest BCUT2D eigenvalue weighted by molar-refractivity contribution is -0.130. The summed E-state index contributed by atoms with van der Waals surface area (Å²) in [6, 6.07) is 9.83. The average molecular weight is 218 g/mol. The van der Waals surface area contributed by atoms with Gasteiger partial charge in [0, 0.05) is 12.3 Å². The quantitative estimate of drug-likeness (QED) is 0.752. The van der Waals surface area contributed by atoms with E-state index in [1.54, 1.807) is 0 Å². The first-order valence-electron chi connectivity index (χ1n) is 5.12. The number of hydrogen-bond acceptors (Lipinski definition) is 2. The highest BCUT2D eigenvalue weighted by atomic mass is 16.4. The van der Waals surface area contributed by atoms with Crippen molar-refractivity contribution in [1.29, 1.82) is 0 Å². The molecule has 1 unspecified atom stereocenters. The minimum Gasteiger partial charge on any atom is -0.472 e. The molecule has 1 atom stereocenters. The Kier molecular flexibility index (Phi) is 5.10. The molecule has 0 aromatic heterocycles. The van der Waals surface area contributed by atoms with Crippen LogP contribution in [0, 0.1) is 11.8 Å². The van der Waals surface area contributed by atoms with Gasteiger partial charge in [-0.1, -0.05) is 36.3 Å². The molecule has 0 saturated carbocycles. The highest BCUT2D eigenvalue weighted by Gasteiger charge is 2.02. The number of hydrogen-bond donors (Lipinski definition) is 2. The predicted molar refractivity (Wildman–Crippen MR) is 60.8 cm³/mol. The fourth-order valence-corrected chi connectivity index (χ4v) is 1.32. The smallest absolute Gasteiger partial charge is 0.381 e. The van der Waals surface area contributed by atoms with E-state index in [9.17, 15) is 9.90 Å². The first kappa shape index (κ1) is 12.3. The average Bonchev–Trinajstić information content (AvgIpc) is 2.27. The Labute approximate surface area is 94.7 Å². The maximum Gasteiger partial charge on any atom is 0.381 e. The van der Waals surface area contributed by atoms with E-state index in [-0.39, 0.29) is 6.42 Å². The van der Waals surface area contributed by atoms with E-state index in [1.165, 1.54) is 0 Å². The normalized spacial score (nSPS) is 11.3. The van der Waals surface area contributed by atoms with Crippen molar-refractivity contribution in [1.82, 2.24) is 0 Å². The van der Waals surface area contributed by atoms with Crippen molar-refractivity contribution in [2.45, 2.75) is 25.4 Å². The molecule has 3 nitrogen and oxygen atoms in total. The van der Waals surface area contributed by atoms with Crippen LogP contribution in [0.25, 0.3) is 0 Å². The van der Waals surface area contributed by atoms with Gasteiger partial charge >= 0.3 is 5.97 Å². The van der Waals surface area contributed by atoms with Gasteiger partial charge in [-0.15, -0.1) is 0 Å². The number of aliphatic hydroxyl groups excluding tert-OH is 1. The van der Waals surface area contributed by atoms with Crippen LogP contribution in [0.4, 0.5) is 0 Å². The maximum absolute atomic E-state index is 10.1. The summed E-state index contributed by atoms with van der Waals surface area (Å²) in [5, 5.41) is 17.8. The lowest BCUT2D eigenvalue weighted by atomic mass is 10.1. The molecule has 0 aliphatic rings. The molecule has 0 aliphatic carbocycles. The molecular formula is C13H14O3. The molecular weight excluding hydrogens is 204 g/mol. The Morgan fingerprint density at radius 1 is 1.31 bits per heavy atom. The van der Waals surface area contributed by atoms with E-state index in [4.69, 9.17) is 5.11 Å². The zero-order chi connectivity index (χ0) is 11.8. The molecule has 1 rings (SSSR count). The summed E-state index contributed by atoms with van der Waals surface area (Å²) in [5.74, 6) is 3.25. The molecule has 0 heterocycles. The Balaban J connectivity index is 2.29. The highest BCUT2D eigenvalue weighted by molar-refractivity contribution is 5.86. The molecule has 3 heteroatoms. The number of aryl methyl sites for hydroxylation is 1. The van der Waals surface area contributed by atoms with Gasteiger partial charge in [0.05, 0.1) is 6.10 Å². The van der Waals surface area contributed by atoms with E-state index < -0.39 is 12.1 Å². The van der Waals surface area contributed by atoms with E-state index in [0.29, 0.717) is 6.42 Å². The second-order valence-corrected chi connectivity index (χ2v) is 3.49. The van der Waals surface area contributed by atoms with Crippen molar-refractivity contribution >= 4 is 5.97 Å². The van der Waals surface area contributed by atoms with Crippen LogP contribution in [0.1, 0.15) is 18.4 Å². The SMILES string of the molecule is O=C(O)C#CCC(O)CCc1ccccc1. The van der Waals surface area contributed by atoms with Crippen molar-refractivity contribution in [2.75, 3.05) is 0 Å². The largest absolute Gasteiger partial charge is 0.472 e. The molecule has 0 amide bonds. The fourth-order valence-electron chi connectivity index (χ4n) is 1.32. The number of aliphatic hydroxyl groups is 1. The number of carboxylic acids is 1. The lowest BCUT2D eigenvalue weighted by Crippen LogP contribution is -2.06. The highest BCUT2D eigenvalue weighted by Crippen LogP contribution is 2.06. The molecule has 1 aromatic carbocycles. The predicted octanol–water partition coefficient (Wildman–Crippen LogP) is 1.46. The fraction of sp³-hybridized carbons (Fsp3) is 0.308. The topological polar surface area (TPSA) is 57.5 Å². The van der Waals surface area contributed by atoms with Crippen LogP contribution in [-0.2, 0) is 11.2 Å². The number of benzene rings is 1. The van der Waals surface area contributed by atoms with Gasteiger partial charge in [0.25, 0.3) is 0 Å². The summed E-state index contributed by atoms with van der Waals surface area (Å²) in [6.45, 7) is 0. The molecule has 0 spiro atoms. The molecule has 0 saturated heterocycles. The summed E-state index contributed by atoms with van der Waals surface area (Å²) in [6.07, 6.45) is 1.01. The molecule has 16 heavy (non-hydrogen) atoms. The van der Waals surface area contributed by atoms with Gasteiger partial charge in [0.2, 0.25) is 0 Å².